The molecule has 1 fully saturated rings. The van der Waals surface area contributed by atoms with Crippen molar-refractivity contribution in [1.29, 1.82) is 0 Å². The van der Waals surface area contributed by atoms with Crippen molar-refractivity contribution in [2.75, 3.05) is 19.8 Å². The van der Waals surface area contributed by atoms with Gasteiger partial charge in [-0.1, -0.05) is 0 Å². The zero-order valence-corrected chi connectivity index (χ0v) is 10.0. The summed E-state index contributed by atoms with van der Waals surface area (Å²) in [5.74, 6) is -0.0528. The SMILES string of the molecule is CC(CCCO)NC(=O)C1(C)COCC1N. The topological polar surface area (TPSA) is 84.6 Å². The van der Waals surface area contributed by atoms with Gasteiger partial charge in [-0.25, -0.2) is 0 Å². The lowest BCUT2D eigenvalue weighted by Gasteiger charge is -2.27. The number of nitrogens with one attached hydrogen (secondary N) is 1. The van der Waals surface area contributed by atoms with Gasteiger partial charge >= 0.3 is 0 Å². The summed E-state index contributed by atoms with van der Waals surface area (Å²) in [5.41, 5.74) is 5.25. The maximum atomic E-state index is 12.0. The number of hydrogen-bond acceptors (Lipinski definition) is 4. The van der Waals surface area contributed by atoms with Crippen LogP contribution in [0, 0.1) is 5.41 Å². The Kier molecular flexibility index (Phi) is 4.70. The first-order valence-corrected chi connectivity index (χ1v) is 5.76. The fourth-order valence-corrected chi connectivity index (χ4v) is 1.78. The van der Waals surface area contributed by atoms with Gasteiger partial charge in [0.25, 0.3) is 0 Å². The van der Waals surface area contributed by atoms with Crippen LogP contribution in [0.3, 0.4) is 0 Å². The van der Waals surface area contributed by atoms with E-state index < -0.39 is 5.41 Å². The molecule has 94 valence electrons. The highest BCUT2D eigenvalue weighted by Crippen LogP contribution is 2.27. The Morgan fingerprint density at radius 3 is 2.94 bits per heavy atom. The van der Waals surface area contributed by atoms with E-state index in [4.69, 9.17) is 15.6 Å². The molecule has 0 radical (unpaired) electrons. The van der Waals surface area contributed by atoms with Crippen molar-refractivity contribution in [3.8, 4) is 0 Å². The van der Waals surface area contributed by atoms with Gasteiger partial charge in [0.15, 0.2) is 0 Å². The molecule has 1 rings (SSSR count). The van der Waals surface area contributed by atoms with Crippen LogP contribution in [0.4, 0.5) is 0 Å². The van der Waals surface area contributed by atoms with Crippen LogP contribution in [0.1, 0.15) is 26.7 Å². The van der Waals surface area contributed by atoms with Crippen molar-refractivity contribution in [3.05, 3.63) is 0 Å². The number of aliphatic hydroxyl groups is 1. The molecule has 0 aromatic rings. The van der Waals surface area contributed by atoms with Crippen LogP contribution < -0.4 is 11.1 Å². The summed E-state index contributed by atoms with van der Waals surface area (Å²) in [7, 11) is 0. The molecule has 3 unspecified atom stereocenters. The lowest BCUT2D eigenvalue weighted by molar-refractivity contribution is -0.131. The van der Waals surface area contributed by atoms with Crippen molar-refractivity contribution < 1.29 is 14.6 Å². The quantitative estimate of drug-likeness (QED) is 0.601. The van der Waals surface area contributed by atoms with Gasteiger partial charge in [0.05, 0.1) is 18.6 Å². The van der Waals surface area contributed by atoms with Crippen LogP contribution in [0.25, 0.3) is 0 Å². The van der Waals surface area contributed by atoms with E-state index in [1.165, 1.54) is 0 Å². The summed E-state index contributed by atoms with van der Waals surface area (Å²) >= 11 is 0. The summed E-state index contributed by atoms with van der Waals surface area (Å²) in [6.07, 6.45) is 1.47. The van der Waals surface area contributed by atoms with Gasteiger partial charge in [-0.15, -0.1) is 0 Å². The molecule has 0 aromatic carbocycles. The van der Waals surface area contributed by atoms with Crippen LogP contribution in [-0.4, -0.2) is 42.9 Å². The summed E-state index contributed by atoms with van der Waals surface area (Å²) in [4.78, 5) is 12.0. The molecule has 1 amide bonds. The molecule has 4 N–H and O–H groups in total. The molecule has 0 aliphatic carbocycles. The Morgan fingerprint density at radius 2 is 2.44 bits per heavy atom. The van der Waals surface area contributed by atoms with Crippen LogP contribution in [-0.2, 0) is 9.53 Å². The summed E-state index contributed by atoms with van der Waals surface area (Å²) in [6, 6.07) is -0.179. The Labute approximate surface area is 96.3 Å². The van der Waals surface area contributed by atoms with Crippen LogP contribution in [0.5, 0.6) is 0 Å². The van der Waals surface area contributed by atoms with Crippen LogP contribution in [0.2, 0.25) is 0 Å². The van der Waals surface area contributed by atoms with Gasteiger partial charge in [0, 0.05) is 18.7 Å². The summed E-state index contributed by atoms with van der Waals surface area (Å²) in [6.45, 7) is 4.73. The van der Waals surface area contributed by atoms with Gasteiger partial charge in [-0.05, 0) is 26.7 Å². The molecule has 3 atom stereocenters. The Bertz CT molecular complexity index is 247. The highest BCUT2D eigenvalue weighted by atomic mass is 16.5. The first-order chi connectivity index (χ1) is 7.50. The van der Waals surface area contributed by atoms with Gasteiger partial charge < -0.3 is 20.9 Å². The molecular formula is C11H22N2O3. The van der Waals surface area contributed by atoms with Crippen molar-refractivity contribution in [3.63, 3.8) is 0 Å². The zero-order valence-electron chi connectivity index (χ0n) is 10.0. The van der Waals surface area contributed by atoms with E-state index in [-0.39, 0.29) is 24.6 Å². The Balaban J connectivity index is 2.45. The second kappa shape index (κ2) is 5.61. The van der Waals surface area contributed by atoms with E-state index in [2.05, 4.69) is 5.32 Å². The predicted octanol–water partition coefficient (Wildman–Crippen LogP) is -0.373. The number of hydrogen-bond donors (Lipinski definition) is 3. The molecule has 0 saturated carbocycles. The van der Waals surface area contributed by atoms with Gasteiger partial charge in [0.1, 0.15) is 0 Å². The average molecular weight is 230 g/mol. The van der Waals surface area contributed by atoms with Crippen molar-refractivity contribution >= 4 is 5.91 Å². The monoisotopic (exact) mass is 230 g/mol. The minimum absolute atomic E-state index is 0.0528. The number of amides is 1. The lowest BCUT2D eigenvalue weighted by atomic mass is 9.84. The zero-order chi connectivity index (χ0) is 12.2. The molecular weight excluding hydrogens is 208 g/mol. The fourth-order valence-electron chi connectivity index (χ4n) is 1.78. The number of rotatable bonds is 5. The molecule has 1 heterocycles. The van der Waals surface area contributed by atoms with E-state index in [0.717, 1.165) is 6.42 Å². The van der Waals surface area contributed by atoms with Crippen molar-refractivity contribution in [2.45, 2.75) is 38.8 Å². The molecule has 1 aliphatic heterocycles. The van der Waals surface area contributed by atoms with Crippen LogP contribution >= 0.6 is 0 Å². The third-order valence-electron chi connectivity index (χ3n) is 3.21. The standard InChI is InChI=1S/C11H22N2O3/c1-8(4-3-5-14)13-10(15)11(2)7-16-6-9(11)12/h8-9,14H,3-7,12H2,1-2H3,(H,13,15). The smallest absolute Gasteiger partial charge is 0.230 e. The number of carbonyl (C=O) groups excluding carboxylic acids is 1. The number of ether oxygens (including phenoxy) is 1. The van der Waals surface area contributed by atoms with E-state index in [1.807, 2.05) is 13.8 Å². The third kappa shape index (κ3) is 2.93. The van der Waals surface area contributed by atoms with E-state index in [1.54, 1.807) is 0 Å². The van der Waals surface area contributed by atoms with Gasteiger partial charge in [0.2, 0.25) is 5.91 Å². The molecule has 0 bridgehead atoms. The minimum Gasteiger partial charge on any atom is -0.396 e. The van der Waals surface area contributed by atoms with E-state index in [0.29, 0.717) is 19.6 Å². The van der Waals surface area contributed by atoms with E-state index in [9.17, 15) is 4.79 Å². The summed E-state index contributed by atoms with van der Waals surface area (Å²) < 4.78 is 5.23. The molecule has 16 heavy (non-hydrogen) atoms. The fraction of sp³-hybridized carbons (Fsp3) is 0.909. The lowest BCUT2D eigenvalue weighted by Crippen LogP contribution is -2.51. The largest absolute Gasteiger partial charge is 0.396 e. The molecule has 1 aliphatic rings. The maximum Gasteiger partial charge on any atom is 0.230 e. The number of carbonyl (C=O) groups is 1. The van der Waals surface area contributed by atoms with Crippen molar-refractivity contribution in [2.24, 2.45) is 11.1 Å². The normalized spacial score (nSPS) is 31.4. The van der Waals surface area contributed by atoms with Gasteiger partial charge in [-0.2, -0.15) is 0 Å². The van der Waals surface area contributed by atoms with Crippen LogP contribution in [0.15, 0.2) is 0 Å². The number of aliphatic hydroxyl groups excluding tert-OH is 1. The second-order valence-corrected chi connectivity index (χ2v) is 4.78. The Morgan fingerprint density at radius 1 is 1.75 bits per heavy atom. The summed E-state index contributed by atoms with van der Waals surface area (Å²) in [5, 5.41) is 11.6. The molecule has 0 spiro atoms. The van der Waals surface area contributed by atoms with Gasteiger partial charge in [-0.3, -0.25) is 4.79 Å². The average Bonchev–Trinajstić information content (AvgIpc) is 2.57. The molecule has 1 saturated heterocycles. The minimum atomic E-state index is -0.618. The molecule has 5 heteroatoms. The maximum absolute atomic E-state index is 12.0. The van der Waals surface area contributed by atoms with Crippen molar-refractivity contribution in [1.82, 2.24) is 5.32 Å². The first kappa shape index (κ1) is 13.4. The molecule has 5 nitrogen and oxygen atoms in total. The number of nitrogens with two attached hydrogens (primary N) is 1. The predicted molar refractivity (Wildman–Crippen MR) is 60.8 cm³/mol. The molecule has 0 aromatic heterocycles. The highest BCUT2D eigenvalue weighted by molar-refractivity contribution is 5.83. The third-order valence-corrected chi connectivity index (χ3v) is 3.21. The Hall–Kier alpha value is -0.650. The second-order valence-electron chi connectivity index (χ2n) is 4.78. The highest BCUT2D eigenvalue weighted by Gasteiger charge is 2.44. The first-order valence-electron chi connectivity index (χ1n) is 5.76. The van der Waals surface area contributed by atoms with E-state index >= 15 is 0 Å².